The highest BCUT2D eigenvalue weighted by atomic mass is 16.5. The maximum Gasteiger partial charge on any atom is 0.337 e. The van der Waals surface area contributed by atoms with Crippen LogP contribution in [0.2, 0.25) is 0 Å². The maximum atomic E-state index is 11.2. The van der Waals surface area contributed by atoms with Gasteiger partial charge in [-0.25, -0.2) is 4.79 Å². The second kappa shape index (κ2) is 6.65. The lowest BCUT2D eigenvalue weighted by molar-refractivity contribution is -0.138. The molecule has 0 N–H and O–H groups in total. The Kier molecular flexibility index (Phi) is 6.07. The van der Waals surface area contributed by atoms with Crippen LogP contribution in [0, 0.1) is 0 Å². The normalized spacial score (nSPS) is 12.1. The van der Waals surface area contributed by atoms with E-state index in [9.17, 15) is 4.79 Å². The van der Waals surface area contributed by atoms with Crippen molar-refractivity contribution < 1.29 is 9.53 Å². The summed E-state index contributed by atoms with van der Waals surface area (Å²) in [7, 11) is 0. The van der Waals surface area contributed by atoms with Gasteiger partial charge in [0.25, 0.3) is 0 Å². The summed E-state index contributed by atoms with van der Waals surface area (Å²) in [6.07, 6.45) is 6.30. The number of rotatable bonds is 4. The number of hydrogen-bond donors (Lipinski definition) is 0. The van der Waals surface area contributed by atoms with Crippen molar-refractivity contribution in [1.29, 1.82) is 0 Å². The Hall–Kier alpha value is -1.05. The molecule has 0 saturated heterocycles. The van der Waals surface area contributed by atoms with Crippen molar-refractivity contribution in [3.8, 4) is 0 Å². The van der Waals surface area contributed by atoms with Gasteiger partial charge in [-0.1, -0.05) is 25.2 Å². The Balaban J connectivity index is 4.30. The molecule has 0 saturated carbocycles. The highest BCUT2D eigenvalue weighted by Gasteiger charge is 2.04. The third kappa shape index (κ3) is 3.96. The lowest BCUT2D eigenvalue weighted by Crippen LogP contribution is -2.05. The van der Waals surface area contributed by atoms with Gasteiger partial charge in [0.1, 0.15) is 0 Å². The fraction of sp³-hybridized carbons (Fsp3) is 0.500. The minimum absolute atomic E-state index is 0.238. The SMILES string of the molecule is C/C=C\C(=C/CC)C(=O)OCC. The summed E-state index contributed by atoms with van der Waals surface area (Å²) < 4.78 is 4.85. The minimum Gasteiger partial charge on any atom is -0.462 e. The van der Waals surface area contributed by atoms with Crippen LogP contribution in [0.15, 0.2) is 23.8 Å². The molecule has 0 aliphatic heterocycles. The number of ether oxygens (including phenoxy) is 1. The van der Waals surface area contributed by atoms with Crippen LogP contribution >= 0.6 is 0 Å². The summed E-state index contributed by atoms with van der Waals surface area (Å²) in [5.41, 5.74) is 0.641. The number of carbonyl (C=O) groups is 1. The molecule has 0 aromatic rings. The molecule has 0 rings (SSSR count). The summed E-state index contributed by atoms with van der Waals surface area (Å²) >= 11 is 0. The van der Waals surface area contributed by atoms with Gasteiger partial charge in [-0.2, -0.15) is 0 Å². The average molecular weight is 168 g/mol. The zero-order valence-corrected chi connectivity index (χ0v) is 7.96. The van der Waals surface area contributed by atoms with Crippen LogP contribution in [-0.4, -0.2) is 12.6 Å². The standard InChI is InChI=1S/C10H16O2/c1-4-7-9(8-5-2)10(11)12-6-3/h4,7-8H,5-6H2,1-3H3/b7-4-,9-8+. The van der Waals surface area contributed by atoms with Gasteiger partial charge >= 0.3 is 5.97 Å². The molecule has 0 unspecified atom stereocenters. The van der Waals surface area contributed by atoms with Crippen molar-refractivity contribution in [2.75, 3.05) is 6.61 Å². The second-order valence-corrected chi connectivity index (χ2v) is 2.29. The first-order chi connectivity index (χ1) is 5.76. The first-order valence-electron chi connectivity index (χ1n) is 4.26. The second-order valence-electron chi connectivity index (χ2n) is 2.29. The Bertz CT molecular complexity index is 190. The predicted octanol–water partition coefficient (Wildman–Crippen LogP) is 2.46. The molecule has 0 radical (unpaired) electrons. The molecule has 2 nitrogen and oxygen atoms in total. The minimum atomic E-state index is -0.238. The van der Waals surface area contributed by atoms with Crippen molar-refractivity contribution in [2.45, 2.75) is 27.2 Å². The molecule has 12 heavy (non-hydrogen) atoms. The molecular weight excluding hydrogens is 152 g/mol. The van der Waals surface area contributed by atoms with Gasteiger partial charge in [0.2, 0.25) is 0 Å². The molecule has 0 aliphatic carbocycles. The monoisotopic (exact) mass is 168 g/mol. The Morgan fingerprint density at radius 1 is 1.42 bits per heavy atom. The van der Waals surface area contributed by atoms with Crippen LogP contribution in [0.3, 0.4) is 0 Å². The summed E-state index contributed by atoms with van der Waals surface area (Å²) in [6.45, 7) is 6.10. The van der Waals surface area contributed by atoms with Gasteiger partial charge in [0, 0.05) is 0 Å². The topological polar surface area (TPSA) is 26.3 Å². The molecule has 0 bridgehead atoms. The predicted molar refractivity (Wildman–Crippen MR) is 49.8 cm³/mol. The molecule has 0 fully saturated rings. The zero-order chi connectivity index (χ0) is 9.40. The van der Waals surface area contributed by atoms with Gasteiger partial charge in [-0.05, 0) is 20.3 Å². The molecule has 0 amide bonds. The smallest absolute Gasteiger partial charge is 0.337 e. The van der Waals surface area contributed by atoms with Crippen LogP contribution in [0.5, 0.6) is 0 Å². The Labute approximate surface area is 73.9 Å². The van der Waals surface area contributed by atoms with Gasteiger partial charge < -0.3 is 4.74 Å². The van der Waals surface area contributed by atoms with E-state index in [4.69, 9.17) is 4.74 Å². The summed E-state index contributed by atoms with van der Waals surface area (Å²) in [5.74, 6) is -0.238. The molecule has 0 aromatic carbocycles. The van der Waals surface area contributed by atoms with Crippen LogP contribution in [0.25, 0.3) is 0 Å². The van der Waals surface area contributed by atoms with Crippen molar-refractivity contribution in [1.82, 2.24) is 0 Å². The molecule has 0 heterocycles. The summed E-state index contributed by atoms with van der Waals surface area (Å²) in [6, 6.07) is 0. The molecule has 2 heteroatoms. The number of carbonyl (C=O) groups excluding carboxylic acids is 1. The summed E-state index contributed by atoms with van der Waals surface area (Å²) in [4.78, 5) is 11.2. The maximum absolute atomic E-state index is 11.2. The Morgan fingerprint density at radius 2 is 2.08 bits per heavy atom. The van der Waals surface area contributed by atoms with E-state index >= 15 is 0 Å². The van der Waals surface area contributed by atoms with E-state index in [1.807, 2.05) is 26.0 Å². The highest BCUT2D eigenvalue weighted by Crippen LogP contribution is 2.02. The first kappa shape index (κ1) is 11.0. The first-order valence-corrected chi connectivity index (χ1v) is 4.26. The fourth-order valence-corrected chi connectivity index (χ4v) is 0.833. The van der Waals surface area contributed by atoms with E-state index in [1.54, 1.807) is 13.0 Å². The highest BCUT2D eigenvalue weighted by molar-refractivity contribution is 5.91. The van der Waals surface area contributed by atoms with Gasteiger partial charge in [-0.3, -0.25) is 0 Å². The Morgan fingerprint density at radius 3 is 2.50 bits per heavy atom. The quantitative estimate of drug-likeness (QED) is 0.366. The van der Waals surface area contributed by atoms with Crippen molar-refractivity contribution in [2.24, 2.45) is 0 Å². The zero-order valence-electron chi connectivity index (χ0n) is 7.96. The number of hydrogen-bond acceptors (Lipinski definition) is 2. The van der Waals surface area contributed by atoms with Gasteiger partial charge in [0.05, 0.1) is 12.2 Å². The van der Waals surface area contributed by atoms with Gasteiger partial charge in [-0.15, -0.1) is 0 Å². The molecule has 0 atom stereocenters. The molecule has 0 aliphatic rings. The van der Waals surface area contributed by atoms with Crippen LogP contribution in [0.4, 0.5) is 0 Å². The average Bonchev–Trinajstić information content (AvgIpc) is 2.04. The molecule has 0 aromatic heterocycles. The van der Waals surface area contributed by atoms with Crippen LogP contribution in [-0.2, 0) is 9.53 Å². The lowest BCUT2D eigenvalue weighted by Gasteiger charge is -2.01. The number of allylic oxidation sites excluding steroid dienone is 2. The van der Waals surface area contributed by atoms with E-state index in [1.165, 1.54) is 0 Å². The van der Waals surface area contributed by atoms with Crippen LogP contribution in [0.1, 0.15) is 27.2 Å². The third-order valence-electron chi connectivity index (χ3n) is 1.28. The van der Waals surface area contributed by atoms with Crippen molar-refractivity contribution in [3.05, 3.63) is 23.8 Å². The van der Waals surface area contributed by atoms with Crippen molar-refractivity contribution in [3.63, 3.8) is 0 Å². The van der Waals surface area contributed by atoms with Gasteiger partial charge in [0.15, 0.2) is 0 Å². The van der Waals surface area contributed by atoms with E-state index in [0.717, 1.165) is 6.42 Å². The van der Waals surface area contributed by atoms with Crippen LogP contribution < -0.4 is 0 Å². The molecule has 0 spiro atoms. The number of esters is 1. The van der Waals surface area contributed by atoms with E-state index in [0.29, 0.717) is 12.2 Å². The largest absolute Gasteiger partial charge is 0.462 e. The van der Waals surface area contributed by atoms with E-state index in [2.05, 4.69) is 0 Å². The lowest BCUT2D eigenvalue weighted by atomic mass is 10.2. The van der Waals surface area contributed by atoms with E-state index in [-0.39, 0.29) is 5.97 Å². The molecular formula is C10H16O2. The third-order valence-corrected chi connectivity index (χ3v) is 1.28. The molecule has 68 valence electrons. The van der Waals surface area contributed by atoms with Crippen molar-refractivity contribution >= 4 is 5.97 Å². The van der Waals surface area contributed by atoms with E-state index < -0.39 is 0 Å². The summed E-state index contributed by atoms with van der Waals surface area (Å²) in [5, 5.41) is 0. The fourth-order valence-electron chi connectivity index (χ4n) is 0.833.